The van der Waals surface area contributed by atoms with Crippen LogP contribution in [0.3, 0.4) is 0 Å². The Morgan fingerprint density at radius 2 is 2.12 bits per heavy atom. The number of aromatic nitrogens is 4. The Bertz CT molecular complexity index is 1210. The van der Waals surface area contributed by atoms with Crippen molar-refractivity contribution in [3.63, 3.8) is 0 Å². The topological polar surface area (TPSA) is 76.8 Å². The average molecular weight is 436 g/mol. The van der Waals surface area contributed by atoms with E-state index in [9.17, 15) is 4.39 Å². The molecule has 0 unspecified atom stereocenters. The molecule has 9 heteroatoms. The summed E-state index contributed by atoms with van der Waals surface area (Å²) in [6.07, 6.45) is 8.61. The molecule has 2 aliphatic heterocycles. The minimum Gasteiger partial charge on any atom is -0.483 e. The highest BCUT2D eigenvalue weighted by molar-refractivity contribution is 5.75. The maximum Gasteiger partial charge on any atom is 0.218 e. The molecule has 3 atom stereocenters. The van der Waals surface area contributed by atoms with E-state index in [1.54, 1.807) is 10.7 Å². The highest BCUT2D eigenvalue weighted by Crippen LogP contribution is 2.42. The average Bonchev–Trinajstić information content (AvgIpc) is 3.40. The largest absolute Gasteiger partial charge is 0.483 e. The number of hydrogen-bond donors (Lipinski definition) is 1. The summed E-state index contributed by atoms with van der Waals surface area (Å²) in [7, 11) is 0. The van der Waals surface area contributed by atoms with E-state index in [4.69, 9.17) is 14.5 Å². The quantitative estimate of drug-likeness (QED) is 0.579. The molecule has 1 fully saturated rings. The molecule has 3 aromatic heterocycles. The maximum atomic E-state index is 14.2. The predicted octanol–water partition coefficient (Wildman–Crippen LogP) is 3.31. The van der Waals surface area contributed by atoms with Crippen LogP contribution in [0.5, 0.6) is 11.6 Å². The Kier molecular flexibility index (Phi) is 4.44. The molecule has 166 valence electrons. The van der Waals surface area contributed by atoms with E-state index in [1.807, 2.05) is 13.1 Å². The number of ether oxygens (including phenoxy) is 2. The van der Waals surface area contributed by atoms with Crippen LogP contribution in [0, 0.1) is 5.82 Å². The van der Waals surface area contributed by atoms with Gasteiger partial charge in [-0.25, -0.2) is 18.9 Å². The Morgan fingerprint density at radius 3 is 3.03 bits per heavy atom. The van der Waals surface area contributed by atoms with Gasteiger partial charge in [-0.2, -0.15) is 5.10 Å². The van der Waals surface area contributed by atoms with Gasteiger partial charge in [0, 0.05) is 24.2 Å². The van der Waals surface area contributed by atoms with Crippen molar-refractivity contribution < 1.29 is 13.9 Å². The van der Waals surface area contributed by atoms with Gasteiger partial charge in [0.05, 0.1) is 42.8 Å². The van der Waals surface area contributed by atoms with Crippen LogP contribution in [-0.2, 0) is 6.54 Å². The fourth-order valence-electron chi connectivity index (χ4n) is 4.94. The van der Waals surface area contributed by atoms with Crippen molar-refractivity contribution in [1.82, 2.24) is 24.9 Å². The van der Waals surface area contributed by atoms with Crippen LogP contribution in [0.15, 0.2) is 31.2 Å². The fourth-order valence-corrected chi connectivity index (χ4v) is 4.94. The van der Waals surface area contributed by atoms with Crippen molar-refractivity contribution in [2.75, 3.05) is 11.4 Å². The van der Waals surface area contributed by atoms with Crippen LogP contribution in [0.1, 0.15) is 43.7 Å². The first kappa shape index (κ1) is 19.3. The van der Waals surface area contributed by atoms with Gasteiger partial charge in [0.25, 0.3) is 0 Å². The smallest absolute Gasteiger partial charge is 0.218 e. The van der Waals surface area contributed by atoms with Gasteiger partial charge in [-0.05, 0) is 32.3 Å². The van der Waals surface area contributed by atoms with Crippen LogP contribution in [0.25, 0.3) is 11.3 Å². The lowest BCUT2D eigenvalue weighted by atomic mass is 10.1. The highest BCUT2D eigenvalue weighted by Gasteiger charge is 2.41. The van der Waals surface area contributed by atoms with Crippen molar-refractivity contribution in [2.24, 2.45) is 0 Å². The molecular weight excluding hydrogens is 411 g/mol. The summed E-state index contributed by atoms with van der Waals surface area (Å²) in [5.41, 5.74) is 3.03. The third-order valence-electron chi connectivity index (χ3n) is 6.57. The van der Waals surface area contributed by atoms with Crippen molar-refractivity contribution in [1.29, 1.82) is 0 Å². The van der Waals surface area contributed by atoms with Gasteiger partial charge in [-0.1, -0.05) is 6.58 Å². The van der Waals surface area contributed by atoms with Crippen molar-refractivity contribution >= 4 is 17.2 Å². The van der Waals surface area contributed by atoms with E-state index >= 15 is 0 Å². The summed E-state index contributed by atoms with van der Waals surface area (Å²) >= 11 is 0. The molecule has 0 radical (unpaired) electrons. The van der Waals surface area contributed by atoms with Crippen LogP contribution in [-0.4, -0.2) is 44.4 Å². The number of nitrogens with one attached hydrogen (secondary N) is 1. The molecule has 0 saturated heterocycles. The molecule has 5 heterocycles. The number of rotatable bonds is 0. The first-order valence-electron chi connectivity index (χ1n) is 11.1. The first-order chi connectivity index (χ1) is 15.6. The molecular formula is C23H25FN6O2. The zero-order valence-corrected chi connectivity index (χ0v) is 17.9. The predicted molar refractivity (Wildman–Crippen MR) is 117 cm³/mol. The molecule has 1 saturated carbocycles. The molecule has 1 N–H and O–H groups in total. The lowest BCUT2D eigenvalue weighted by molar-refractivity contribution is 0.167. The summed E-state index contributed by atoms with van der Waals surface area (Å²) < 4.78 is 28.4. The second-order valence-corrected chi connectivity index (χ2v) is 8.78. The first-order valence-corrected chi connectivity index (χ1v) is 11.1. The monoisotopic (exact) mass is 436 g/mol. The fraction of sp³-hybridized carbons (Fsp3) is 0.435. The summed E-state index contributed by atoms with van der Waals surface area (Å²) in [5.74, 6) is 1.50. The molecule has 3 aliphatic rings. The molecule has 6 rings (SSSR count). The number of fused-ring (bicyclic) bond motifs is 3. The van der Waals surface area contributed by atoms with Gasteiger partial charge in [-0.15, -0.1) is 0 Å². The van der Waals surface area contributed by atoms with Gasteiger partial charge in [0.2, 0.25) is 5.88 Å². The van der Waals surface area contributed by atoms with Crippen molar-refractivity contribution in [2.45, 2.75) is 57.4 Å². The molecule has 32 heavy (non-hydrogen) atoms. The minimum absolute atomic E-state index is 0.0668. The van der Waals surface area contributed by atoms with Crippen molar-refractivity contribution in [3.8, 4) is 11.6 Å². The summed E-state index contributed by atoms with van der Waals surface area (Å²) in [6.45, 7) is 7.29. The maximum absolute atomic E-state index is 14.2. The van der Waals surface area contributed by atoms with E-state index in [0.29, 0.717) is 35.9 Å². The van der Waals surface area contributed by atoms with Crippen molar-refractivity contribution in [3.05, 3.63) is 48.2 Å². The Labute approximate surface area is 185 Å². The lowest BCUT2D eigenvalue weighted by Gasteiger charge is -2.39. The van der Waals surface area contributed by atoms with Crippen LogP contribution < -0.4 is 19.7 Å². The summed E-state index contributed by atoms with van der Waals surface area (Å²) in [5, 5.41) is 7.83. The Hall–Kier alpha value is -3.36. The number of halogens is 1. The standard InChI is InChI=1S/C23H25FN6O2/c1-13-6-7-25-14(2)17-10-27-30-12-20-22(28-21(17)30)29(18-4-3-5-19(18)32-20)11-15-8-16(24)9-26-23(15)31-13/h8-10,12-13,18-19,25H,2-7,11H2,1H3/t13-,18+,19-/m0/s1. The van der Waals surface area contributed by atoms with E-state index in [-0.39, 0.29) is 24.1 Å². The SMILES string of the molecule is C=C1NCC[C@H](C)Oc2ncc(F)cc2CN2c3nc4c1cnn4cc3O[C@H]1CCC[C@H]12. The number of anilines is 1. The lowest BCUT2D eigenvalue weighted by Crippen LogP contribution is -2.47. The van der Waals surface area contributed by atoms with E-state index in [2.05, 4.69) is 26.9 Å². The molecule has 8 nitrogen and oxygen atoms in total. The van der Waals surface area contributed by atoms with Crippen LogP contribution in [0.4, 0.5) is 10.2 Å². The number of hydrogen-bond acceptors (Lipinski definition) is 7. The van der Waals surface area contributed by atoms with Crippen LogP contribution in [0.2, 0.25) is 0 Å². The summed E-state index contributed by atoms with van der Waals surface area (Å²) in [4.78, 5) is 11.5. The Balaban J connectivity index is 1.53. The molecule has 2 bridgehead atoms. The third-order valence-corrected chi connectivity index (χ3v) is 6.57. The highest BCUT2D eigenvalue weighted by atomic mass is 19.1. The zero-order valence-electron chi connectivity index (χ0n) is 17.9. The van der Waals surface area contributed by atoms with Gasteiger partial charge < -0.3 is 19.7 Å². The minimum atomic E-state index is -0.378. The molecule has 3 aromatic rings. The Morgan fingerprint density at radius 1 is 1.22 bits per heavy atom. The summed E-state index contributed by atoms with van der Waals surface area (Å²) in [6, 6.07) is 1.68. The second kappa shape index (κ2) is 7.36. The number of pyridine rings is 1. The van der Waals surface area contributed by atoms with Gasteiger partial charge >= 0.3 is 0 Å². The van der Waals surface area contributed by atoms with Gasteiger partial charge in [-0.3, -0.25) is 0 Å². The number of nitrogens with zero attached hydrogens (tertiary/aromatic N) is 5. The van der Waals surface area contributed by atoms with E-state index in [0.717, 1.165) is 42.8 Å². The molecule has 0 amide bonds. The third kappa shape index (κ3) is 3.14. The second-order valence-electron chi connectivity index (χ2n) is 8.78. The zero-order chi connectivity index (χ0) is 21.8. The van der Waals surface area contributed by atoms with E-state index in [1.165, 1.54) is 12.3 Å². The van der Waals surface area contributed by atoms with Gasteiger partial charge in [0.15, 0.2) is 17.2 Å². The van der Waals surface area contributed by atoms with E-state index < -0.39 is 0 Å². The normalized spacial score (nSPS) is 24.9. The molecule has 0 aromatic carbocycles. The van der Waals surface area contributed by atoms with Crippen LogP contribution >= 0.6 is 0 Å². The molecule has 0 spiro atoms. The van der Waals surface area contributed by atoms with Gasteiger partial charge in [0.1, 0.15) is 11.9 Å². The molecule has 1 aliphatic carbocycles.